The fraction of sp³-hybridized carbons (Fsp3) is 0.154. The van der Waals surface area contributed by atoms with E-state index in [1.807, 2.05) is 54.7 Å². The molecule has 168 valence electrons. The number of benzene rings is 3. The third-order valence-electron chi connectivity index (χ3n) is 5.24. The molecule has 0 spiro atoms. The largest absolute Gasteiger partial charge is 0.493 e. The van der Waals surface area contributed by atoms with Gasteiger partial charge in [-0.3, -0.25) is 15.1 Å². The van der Waals surface area contributed by atoms with Crippen LogP contribution in [0.25, 0.3) is 10.9 Å². The number of H-pyrrole nitrogens is 1. The zero-order valence-electron chi connectivity index (χ0n) is 18.6. The minimum Gasteiger partial charge on any atom is -0.493 e. The second-order valence-electron chi connectivity index (χ2n) is 7.35. The van der Waals surface area contributed by atoms with Gasteiger partial charge < -0.3 is 19.8 Å². The maximum absolute atomic E-state index is 12.9. The van der Waals surface area contributed by atoms with Crippen LogP contribution in [0.1, 0.15) is 15.9 Å². The van der Waals surface area contributed by atoms with Crippen molar-refractivity contribution >= 4 is 28.5 Å². The van der Waals surface area contributed by atoms with E-state index in [0.717, 1.165) is 17.6 Å². The van der Waals surface area contributed by atoms with Crippen molar-refractivity contribution in [1.82, 2.24) is 10.3 Å². The lowest BCUT2D eigenvalue weighted by Crippen LogP contribution is -2.36. The van der Waals surface area contributed by atoms with Crippen molar-refractivity contribution in [2.24, 2.45) is 4.99 Å². The molecule has 1 amide bonds. The van der Waals surface area contributed by atoms with Crippen LogP contribution in [0.2, 0.25) is 0 Å². The number of nitrogens with zero attached hydrogens (tertiary/aromatic N) is 1. The summed E-state index contributed by atoms with van der Waals surface area (Å²) in [5.41, 5.74) is 3.54. The second kappa shape index (κ2) is 10.4. The van der Waals surface area contributed by atoms with Crippen LogP contribution >= 0.6 is 0 Å². The third-order valence-corrected chi connectivity index (χ3v) is 5.24. The van der Waals surface area contributed by atoms with Crippen molar-refractivity contribution in [3.8, 4) is 11.5 Å². The van der Waals surface area contributed by atoms with Gasteiger partial charge in [-0.1, -0.05) is 36.4 Å². The van der Waals surface area contributed by atoms with Gasteiger partial charge in [-0.25, -0.2) is 0 Å². The number of nitrogens with one attached hydrogen (secondary N) is 3. The molecule has 0 radical (unpaired) electrons. The van der Waals surface area contributed by atoms with E-state index in [9.17, 15) is 4.79 Å². The van der Waals surface area contributed by atoms with Gasteiger partial charge in [0, 0.05) is 34.9 Å². The number of ether oxygens (including phenoxy) is 2. The Morgan fingerprint density at radius 2 is 1.70 bits per heavy atom. The van der Waals surface area contributed by atoms with Crippen LogP contribution in [0.4, 0.5) is 5.69 Å². The van der Waals surface area contributed by atoms with E-state index < -0.39 is 0 Å². The SMILES string of the molecule is COc1ccc(C(=O)NC(=NCCc2c[nH]c3ccccc23)Nc2ccccc2)cc1OC. The molecule has 7 nitrogen and oxygen atoms in total. The van der Waals surface area contributed by atoms with Gasteiger partial charge >= 0.3 is 0 Å². The Morgan fingerprint density at radius 3 is 2.48 bits per heavy atom. The van der Waals surface area contributed by atoms with Gasteiger partial charge in [-0.05, 0) is 48.4 Å². The number of carbonyl (C=O) groups is 1. The summed E-state index contributed by atoms with van der Waals surface area (Å²) in [6.07, 6.45) is 2.74. The van der Waals surface area contributed by atoms with Crippen molar-refractivity contribution in [1.29, 1.82) is 0 Å². The summed E-state index contributed by atoms with van der Waals surface area (Å²) in [6.45, 7) is 0.503. The summed E-state index contributed by atoms with van der Waals surface area (Å²) in [5, 5.41) is 7.27. The molecule has 7 heteroatoms. The lowest BCUT2D eigenvalue weighted by Gasteiger charge is -2.13. The average molecular weight is 443 g/mol. The third kappa shape index (κ3) is 5.33. The number of anilines is 1. The molecule has 0 aliphatic heterocycles. The number of hydrogen-bond acceptors (Lipinski definition) is 4. The lowest BCUT2D eigenvalue weighted by molar-refractivity contribution is 0.0976. The van der Waals surface area contributed by atoms with Crippen LogP contribution in [-0.2, 0) is 6.42 Å². The molecule has 0 bridgehead atoms. The van der Waals surface area contributed by atoms with Crippen molar-refractivity contribution in [2.75, 3.05) is 26.1 Å². The number of carbonyl (C=O) groups excluding carboxylic acids is 1. The molecule has 4 rings (SSSR count). The second-order valence-corrected chi connectivity index (χ2v) is 7.35. The predicted octanol–water partition coefficient (Wildman–Crippen LogP) is 4.63. The molecule has 0 saturated heterocycles. The van der Waals surface area contributed by atoms with Crippen molar-refractivity contribution in [2.45, 2.75) is 6.42 Å². The minimum absolute atomic E-state index is 0.301. The summed E-state index contributed by atoms with van der Waals surface area (Å²) in [6, 6.07) is 22.8. The predicted molar refractivity (Wildman–Crippen MR) is 131 cm³/mol. The maximum Gasteiger partial charge on any atom is 0.258 e. The molecule has 4 aromatic rings. The van der Waals surface area contributed by atoms with Gasteiger partial charge in [0.05, 0.1) is 14.2 Å². The minimum atomic E-state index is -0.301. The first-order valence-corrected chi connectivity index (χ1v) is 10.6. The van der Waals surface area contributed by atoms with E-state index in [1.54, 1.807) is 25.3 Å². The highest BCUT2D eigenvalue weighted by Gasteiger charge is 2.13. The molecule has 0 aliphatic carbocycles. The van der Waals surface area contributed by atoms with Gasteiger partial charge in [0.25, 0.3) is 5.91 Å². The zero-order valence-corrected chi connectivity index (χ0v) is 18.6. The standard InChI is InChI=1S/C26H26N4O3/c1-32-23-13-12-18(16-24(23)33-2)25(31)30-26(29-20-8-4-3-5-9-20)27-15-14-19-17-28-22-11-7-6-10-21(19)22/h3-13,16-17,28H,14-15H2,1-2H3,(H2,27,29,30,31). The molecule has 0 unspecified atom stereocenters. The van der Waals surface area contributed by atoms with Crippen molar-refractivity contribution < 1.29 is 14.3 Å². The van der Waals surface area contributed by atoms with E-state index in [-0.39, 0.29) is 5.91 Å². The van der Waals surface area contributed by atoms with Crippen LogP contribution in [-0.4, -0.2) is 37.6 Å². The zero-order chi connectivity index (χ0) is 23.0. The van der Waals surface area contributed by atoms with E-state index in [4.69, 9.17) is 9.47 Å². The van der Waals surface area contributed by atoms with E-state index >= 15 is 0 Å². The fourth-order valence-corrected chi connectivity index (χ4v) is 3.55. The summed E-state index contributed by atoms with van der Waals surface area (Å²) in [5.74, 6) is 1.12. The number of aromatic nitrogens is 1. The van der Waals surface area contributed by atoms with Crippen molar-refractivity contribution in [3.05, 3.63) is 90.1 Å². The molecule has 3 aromatic carbocycles. The number of aliphatic imine (C=N–C) groups is 1. The fourth-order valence-electron chi connectivity index (χ4n) is 3.55. The number of amides is 1. The molecule has 33 heavy (non-hydrogen) atoms. The van der Waals surface area contributed by atoms with Crippen LogP contribution in [0.5, 0.6) is 11.5 Å². The van der Waals surface area contributed by atoms with Gasteiger partial charge in [0.15, 0.2) is 11.5 Å². The van der Waals surface area contributed by atoms with Crippen LogP contribution in [0.15, 0.2) is 84.0 Å². The molecule has 1 heterocycles. The summed E-state index contributed by atoms with van der Waals surface area (Å²) < 4.78 is 10.6. The number of methoxy groups -OCH3 is 2. The molecule has 0 aliphatic rings. The lowest BCUT2D eigenvalue weighted by atomic mass is 10.1. The Morgan fingerprint density at radius 1 is 0.939 bits per heavy atom. The monoisotopic (exact) mass is 442 g/mol. The van der Waals surface area contributed by atoms with Gasteiger partial charge in [-0.2, -0.15) is 0 Å². The van der Waals surface area contributed by atoms with Gasteiger partial charge in [-0.15, -0.1) is 0 Å². The Kier molecular flexibility index (Phi) is 6.90. The number of rotatable bonds is 7. The number of guanidine groups is 1. The van der Waals surface area contributed by atoms with Gasteiger partial charge in [0.2, 0.25) is 5.96 Å². The number of para-hydroxylation sites is 2. The molecular formula is C26H26N4O3. The molecular weight excluding hydrogens is 416 g/mol. The highest BCUT2D eigenvalue weighted by atomic mass is 16.5. The molecule has 0 saturated carbocycles. The first-order chi connectivity index (χ1) is 16.2. The Hall–Kier alpha value is -4.26. The summed E-state index contributed by atoms with van der Waals surface area (Å²) in [4.78, 5) is 20.9. The summed E-state index contributed by atoms with van der Waals surface area (Å²) in [7, 11) is 3.09. The first-order valence-electron chi connectivity index (χ1n) is 10.6. The first kappa shape index (κ1) is 22.0. The topological polar surface area (TPSA) is 87.7 Å². The number of aromatic amines is 1. The summed E-state index contributed by atoms with van der Waals surface area (Å²) >= 11 is 0. The van der Waals surface area contributed by atoms with Crippen LogP contribution < -0.4 is 20.1 Å². The highest BCUT2D eigenvalue weighted by molar-refractivity contribution is 6.10. The Balaban J connectivity index is 1.52. The molecule has 0 atom stereocenters. The van der Waals surface area contributed by atoms with Crippen LogP contribution in [0, 0.1) is 0 Å². The number of fused-ring (bicyclic) bond motifs is 1. The van der Waals surface area contributed by atoms with E-state index in [0.29, 0.717) is 29.6 Å². The Labute approximate surface area is 192 Å². The quantitative estimate of drug-likeness (QED) is 0.288. The Bertz CT molecular complexity index is 1270. The maximum atomic E-state index is 12.9. The average Bonchev–Trinajstić information content (AvgIpc) is 3.27. The molecule has 1 aromatic heterocycles. The smallest absolute Gasteiger partial charge is 0.258 e. The highest BCUT2D eigenvalue weighted by Crippen LogP contribution is 2.27. The molecule has 0 fully saturated rings. The van der Waals surface area contributed by atoms with E-state index in [1.165, 1.54) is 18.1 Å². The van der Waals surface area contributed by atoms with Crippen molar-refractivity contribution in [3.63, 3.8) is 0 Å². The molecule has 3 N–H and O–H groups in total. The normalized spacial score (nSPS) is 11.3. The number of hydrogen-bond donors (Lipinski definition) is 3. The van der Waals surface area contributed by atoms with Crippen LogP contribution in [0.3, 0.4) is 0 Å². The van der Waals surface area contributed by atoms with E-state index in [2.05, 4.69) is 26.7 Å². The van der Waals surface area contributed by atoms with Gasteiger partial charge in [0.1, 0.15) is 0 Å².